The highest BCUT2D eigenvalue weighted by Gasteiger charge is 2.37. The molecule has 7 heteroatoms. The maximum Gasteiger partial charge on any atom is 0.334 e. The third kappa shape index (κ3) is 2.27. The van der Waals surface area contributed by atoms with Gasteiger partial charge in [0.25, 0.3) is 6.48 Å². The monoisotopic (exact) mass is 212 g/mol. The summed E-state index contributed by atoms with van der Waals surface area (Å²) >= 11 is 0. The molecule has 0 N–H and O–H groups in total. The SMILES string of the molecule is O=P1(OC2OCC(F)O2)CCCO1. The van der Waals surface area contributed by atoms with E-state index in [-0.39, 0.29) is 6.61 Å². The van der Waals surface area contributed by atoms with Gasteiger partial charge in [0.2, 0.25) is 6.36 Å². The predicted octanol–water partition coefficient (Wildman–Crippen LogP) is 1.24. The summed E-state index contributed by atoms with van der Waals surface area (Å²) in [5, 5.41) is 0. The first-order chi connectivity index (χ1) is 6.18. The third-order valence-electron chi connectivity index (χ3n) is 1.73. The fourth-order valence-electron chi connectivity index (χ4n) is 1.15. The molecule has 2 saturated heterocycles. The van der Waals surface area contributed by atoms with E-state index in [4.69, 9.17) is 13.8 Å². The predicted molar refractivity (Wildman–Crippen MR) is 39.8 cm³/mol. The van der Waals surface area contributed by atoms with Crippen molar-refractivity contribution in [2.24, 2.45) is 0 Å². The minimum absolute atomic E-state index is 0.190. The van der Waals surface area contributed by atoms with Crippen molar-refractivity contribution in [2.75, 3.05) is 19.4 Å². The van der Waals surface area contributed by atoms with Gasteiger partial charge in [-0.1, -0.05) is 0 Å². The van der Waals surface area contributed by atoms with Crippen molar-refractivity contribution in [3.05, 3.63) is 0 Å². The first-order valence-corrected chi connectivity index (χ1v) is 5.74. The fraction of sp³-hybridized carbons (Fsp3) is 1.00. The summed E-state index contributed by atoms with van der Waals surface area (Å²) in [6.07, 6.45) is -0.477. The molecule has 76 valence electrons. The average Bonchev–Trinajstić information content (AvgIpc) is 2.62. The lowest BCUT2D eigenvalue weighted by molar-refractivity contribution is -0.201. The Balaban J connectivity index is 1.87. The molecule has 0 saturated carbocycles. The van der Waals surface area contributed by atoms with Gasteiger partial charge < -0.3 is 9.26 Å². The van der Waals surface area contributed by atoms with Gasteiger partial charge in [-0.05, 0) is 6.42 Å². The molecule has 2 rings (SSSR count). The van der Waals surface area contributed by atoms with Gasteiger partial charge in [-0.3, -0.25) is 13.8 Å². The van der Waals surface area contributed by atoms with Crippen LogP contribution in [-0.2, 0) is 23.1 Å². The number of hydrogen-bond donors (Lipinski definition) is 0. The Labute approximate surface area is 74.6 Å². The van der Waals surface area contributed by atoms with Crippen molar-refractivity contribution in [1.29, 1.82) is 0 Å². The van der Waals surface area contributed by atoms with Crippen molar-refractivity contribution in [3.8, 4) is 0 Å². The maximum absolute atomic E-state index is 12.4. The standard InChI is InChI=1S/C6H10FO5P/c7-5-4-9-6(11-5)12-13(8)3-1-2-10-13/h5-6H,1-4H2. The molecule has 2 heterocycles. The lowest BCUT2D eigenvalue weighted by atomic mass is 10.5. The molecule has 0 aromatic carbocycles. The Bertz CT molecular complexity index is 225. The molecule has 0 bridgehead atoms. The molecule has 0 spiro atoms. The van der Waals surface area contributed by atoms with Gasteiger partial charge in [-0.25, -0.2) is 4.39 Å². The topological polar surface area (TPSA) is 54.0 Å². The number of hydrogen-bond acceptors (Lipinski definition) is 5. The van der Waals surface area contributed by atoms with Gasteiger partial charge in [0.1, 0.15) is 6.61 Å². The van der Waals surface area contributed by atoms with Crippen LogP contribution in [0.5, 0.6) is 0 Å². The van der Waals surface area contributed by atoms with Crippen LogP contribution in [0.3, 0.4) is 0 Å². The number of alkyl halides is 1. The van der Waals surface area contributed by atoms with E-state index in [9.17, 15) is 8.96 Å². The molecule has 0 aromatic heterocycles. The zero-order valence-corrected chi connectivity index (χ0v) is 7.74. The van der Waals surface area contributed by atoms with Crippen molar-refractivity contribution in [3.63, 3.8) is 0 Å². The normalized spacial score (nSPS) is 45.6. The van der Waals surface area contributed by atoms with Crippen LogP contribution >= 0.6 is 7.60 Å². The van der Waals surface area contributed by atoms with Gasteiger partial charge >= 0.3 is 7.60 Å². The number of halogens is 1. The van der Waals surface area contributed by atoms with Crippen molar-refractivity contribution in [2.45, 2.75) is 19.3 Å². The van der Waals surface area contributed by atoms with Crippen LogP contribution in [0.1, 0.15) is 6.42 Å². The minimum atomic E-state index is -3.06. The summed E-state index contributed by atoms with van der Waals surface area (Å²) in [5.74, 6) is 0. The zero-order valence-electron chi connectivity index (χ0n) is 6.85. The summed E-state index contributed by atoms with van der Waals surface area (Å²) < 4.78 is 43.0. The molecule has 13 heavy (non-hydrogen) atoms. The third-order valence-corrected chi connectivity index (χ3v) is 3.67. The molecular weight excluding hydrogens is 202 g/mol. The quantitative estimate of drug-likeness (QED) is 0.644. The first kappa shape index (κ1) is 9.55. The molecule has 3 unspecified atom stereocenters. The first-order valence-electron chi connectivity index (χ1n) is 4.01. The minimum Gasteiger partial charge on any atom is -0.324 e. The summed E-state index contributed by atoms with van der Waals surface area (Å²) in [6, 6.07) is 0. The van der Waals surface area contributed by atoms with Crippen LogP contribution in [0, 0.1) is 0 Å². The Morgan fingerprint density at radius 3 is 2.92 bits per heavy atom. The summed E-state index contributed by atoms with van der Waals surface area (Å²) in [4.78, 5) is 0. The Kier molecular flexibility index (Phi) is 2.67. The molecule has 2 aliphatic rings. The molecule has 2 fully saturated rings. The average molecular weight is 212 g/mol. The number of rotatable bonds is 2. The molecular formula is C6H10FO5P. The van der Waals surface area contributed by atoms with E-state index in [2.05, 4.69) is 4.74 Å². The molecule has 0 aliphatic carbocycles. The zero-order chi connectivity index (χ0) is 9.31. The highest BCUT2D eigenvalue weighted by molar-refractivity contribution is 7.54. The van der Waals surface area contributed by atoms with Crippen molar-refractivity contribution in [1.82, 2.24) is 0 Å². The van der Waals surface area contributed by atoms with Crippen LogP contribution in [0.4, 0.5) is 4.39 Å². The lowest BCUT2D eigenvalue weighted by Crippen LogP contribution is -2.12. The van der Waals surface area contributed by atoms with E-state index in [1.807, 2.05) is 0 Å². The largest absolute Gasteiger partial charge is 0.334 e. The van der Waals surface area contributed by atoms with Gasteiger partial charge in [0.15, 0.2) is 0 Å². The van der Waals surface area contributed by atoms with E-state index < -0.39 is 20.4 Å². The lowest BCUT2D eigenvalue weighted by Gasteiger charge is -2.14. The second kappa shape index (κ2) is 3.63. The van der Waals surface area contributed by atoms with Crippen LogP contribution in [0.25, 0.3) is 0 Å². The molecule has 0 amide bonds. The van der Waals surface area contributed by atoms with E-state index in [0.717, 1.165) is 0 Å². The maximum atomic E-state index is 12.4. The van der Waals surface area contributed by atoms with E-state index in [1.54, 1.807) is 0 Å². The highest BCUT2D eigenvalue weighted by Crippen LogP contribution is 2.54. The fourth-order valence-corrected chi connectivity index (χ4v) is 2.74. The van der Waals surface area contributed by atoms with Gasteiger partial charge in [0.05, 0.1) is 12.8 Å². The van der Waals surface area contributed by atoms with E-state index in [1.165, 1.54) is 0 Å². The van der Waals surface area contributed by atoms with Crippen molar-refractivity contribution >= 4 is 7.60 Å². The molecule has 0 radical (unpaired) electrons. The van der Waals surface area contributed by atoms with Gasteiger partial charge in [0, 0.05) is 0 Å². The van der Waals surface area contributed by atoms with Crippen LogP contribution in [0.2, 0.25) is 0 Å². The molecule has 2 aliphatic heterocycles. The Morgan fingerprint density at radius 1 is 1.54 bits per heavy atom. The van der Waals surface area contributed by atoms with Gasteiger partial charge in [-0.2, -0.15) is 0 Å². The number of ether oxygens (including phenoxy) is 2. The van der Waals surface area contributed by atoms with Crippen molar-refractivity contribution < 1.29 is 27.5 Å². The summed E-state index contributed by atoms with van der Waals surface area (Å²) in [6.45, 7) is -0.966. The summed E-state index contributed by atoms with van der Waals surface area (Å²) in [5.41, 5.74) is 0. The Hall–Kier alpha value is -0.0000000000000000416. The van der Waals surface area contributed by atoms with Gasteiger partial charge in [-0.15, -0.1) is 0 Å². The molecule has 0 aromatic rings. The molecule has 5 nitrogen and oxygen atoms in total. The molecule has 3 atom stereocenters. The van der Waals surface area contributed by atoms with E-state index in [0.29, 0.717) is 19.2 Å². The Morgan fingerprint density at radius 2 is 2.38 bits per heavy atom. The van der Waals surface area contributed by atoms with Crippen LogP contribution in [0.15, 0.2) is 0 Å². The summed E-state index contributed by atoms with van der Waals surface area (Å²) in [7, 11) is -3.06. The van der Waals surface area contributed by atoms with E-state index >= 15 is 0 Å². The van der Waals surface area contributed by atoms with Crippen LogP contribution < -0.4 is 0 Å². The smallest absolute Gasteiger partial charge is 0.324 e. The van der Waals surface area contributed by atoms with Crippen LogP contribution in [-0.4, -0.2) is 32.2 Å². The highest BCUT2D eigenvalue weighted by atomic mass is 31.2. The second-order valence-corrected chi connectivity index (χ2v) is 4.93. The second-order valence-electron chi connectivity index (χ2n) is 2.79.